The zero-order valence-electron chi connectivity index (χ0n) is 9.69. The van der Waals surface area contributed by atoms with E-state index in [1.165, 1.54) is 0 Å². The average Bonchev–Trinajstić information content (AvgIpc) is 2.28. The van der Waals surface area contributed by atoms with Crippen LogP contribution in [0, 0.1) is 18.3 Å². The summed E-state index contributed by atoms with van der Waals surface area (Å²) in [5, 5.41) is 17.3. The third kappa shape index (κ3) is 4.43. The first-order valence-electron chi connectivity index (χ1n) is 5.05. The second-order valence-corrected chi connectivity index (χ2v) is 2.88. The minimum absolute atomic E-state index is 0.168. The van der Waals surface area contributed by atoms with E-state index in [4.69, 9.17) is 10.4 Å². The fourth-order valence-corrected chi connectivity index (χ4v) is 1.12. The van der Waals surface area contributed by atoms with Crippen molar-refractivity contribution in [2.45, 2.75) is 20.8 Å². The molecule has 16 heavy (non-hydrogen) atoms. The number of nitrogens with zero attached hydrogens (tertiary/aromatic N) is 1. The summed E-state index contributed by atoms with van der Waals surface area (Å²) in [7, 11) is 0. The van der Waals surface area contributed by atoms with Crippen molar-refractivity contribution in [3.63, 3.8) is 0 Å². The molecule has 0 aliphatic rings. The summed E-state index contributed by atoms with van der Waals surface area (Å²) in [6, 6.07) is 9.02. The number of rotatable bonds is 2. The number of hydrogen-bond donors (Lipinski definition) is 1. The number of aryl methyl sites for hydroxylation is 1. The molecule has 3 nitrogen and oxygen atoms in total. The fourth-order valence-electron chi connectivity index (χ4n) is 1.12. The second-order valence-electron chi connectivity index (χ2n) is 2.88. The summed E-state index contributed by atoms with van der Waals surface area (Å²) in [5.41, 5.74) is 1.80. The Hall–Kier alpha value is -2.08. The van der Waals surface area contributed by atoms with Crippen LogP contribution in [-0.2, 0) is 4.79 Å². The summed E-state index contributed by atoms with van der Waals surface area (Å²) < 4.78 is 0. The number of nitriles is 1. The van der Waals surface area contributed by atoms with Gasteiger partial charge in [0.05, 0.1) is 5.57 Å². The van der Waals surface area contributed by atoms with Crippen molar-refractivity contribution in [2.75, 3.05) is 0 Å². The predicted molar refractivity (Wildman–Crippen MR) is 63.8 cm³/mol. The van der Waals surface area contributed by atoms with Crippen molar-refractivity contribution in [3.8, 4) is 6.07 Å². The van der Waals surface area contributed by atoms with Crippen molar-refractivity contribution in [3.05, 3.63) is 41.5 Å². The topological polar surface area (TPSA) is 61.1 Å². The van der Waals surface area contributed by atoms with E-state index in [0.29, 0.717) is 5.56 Å². The quantitative estimate of drug-likeness (QED) is 0.611. The Morgan fingerprint density at radius 1 is 1.44 bits per heavy atom. The van der Waals surface area contributed by atoms with Gasteiger partial charge in [-0.2, -0.15) is 5.26 Å². The first-order valence-corrected chi connectivity index (χ1v) is 5.05. The average molecular weight is 217 g/mol. The summed E-state index contributed by atoms with van der Waals surface area (Å²) >= 11 is 0. The smallest absolute Gasteiger partial charge is 0.329 e. The highest BCUT2D eigenvalue weighted by molar-refractivity contribution is 5.94. The summed E-state index contributed by atoms with van der Waals surface area (Å²) in [5.74, 6) is -1.11. The van der Waals surface area contributed by atoms with Gasteiger partial charge in [-0.1, -0.05) is 43.7 Å². The van der Waals surface area contributed by atoms with E-state index in [9.17, 15) is 4.79 Å². The molecule has 0 aromatic heterocycles. The highest BCUT2D eigenvalue weighted by atomic mass is 16.4. The molecule has 0 saturated heterocycles. The van der Waals surface area contributed by atoms with Crippen molar-refractivity contribution < 1.29 is 9.90 Å². The van der Waals surface area contributed by atoms with E-state index in [-0.39, 0.29) is 5.57 Å². The van der Waals surface area contributed by atoms with E-state index in [0.717, 1.165) is 11.6 Å². The normalized spacial score (nSPS) is 9.75. The van der Waals surface area contributed by atoms with E-state index in [1.807, 2.05) is 32.9 Å². The lowest BCUT2D eigenvalue weighted by atomic mass is 10.0. The van der Waals surface area contributed by atoms with Gasteiger partial charge >= 0.3 is 5.97 Å². The van der Waals surface area contributed by atoms with Crippen LogP contribution in [0.25, 0.3) is 5.57 Å². The summed E-state index contributed by atoms with van der Waals surface area (Å²) in [4.78, 5) is 10.4. The molecule has 0 atom stereocenters. The van der Waals surface area contributed by atoms with Crippen LogP contribution in [0.3, 0.4) is 0 Å². The molecule has 0 radical (unpaired) electrons. The van der Waals surface area contributed by atoms with E-state index in [1.54, 1.807) is 18.2 Å². The van der Waals surface area contributed by atoms with Crippen LogP contribution in [0.4, 0.5) is 0 Å². The largest absolute Gasteiger partial charge is 0.478 e. The number of allylic oxidation sites excluding steroid dienone is 1. The lowest BCUT2D eigenvalue weighted by Gasteiger charge is -1.98. The molecule has 1 aromatic rings. The number of hydrogen-bond acceptors (Lipinski definition) is 2. The van der Waals surface area contributed by atoms with Gasteiger partial charge in [-0.25, -0.2) is 4.79 Å². The Morgan fingerprint density at radius 2 is 2.06 bits per heavy atom. The first-order chi connectivity index (χ1) is 7.63. The fraction of sp³-hybridized carbons (Fsp3) is 0.231. The first kappa shape index (κ1) is 13.9. The van der Waals surface area contributed by atoms with Crippen molar-refractivity contribution in [1.82, 2.24) is 0 Å². The second kappa shape index (κ2) is 7.24. The Balaban J connectivity index is 0.00000106. The zero-order chi connectivity index (χ0) is 12.6. The molecule has 0 aliphatic carbocycles. The Bertz CT molecular complexity index is 428. The molecule has 0 heterocycles. The van der Waals surface area contributed by atoms with Crippen LogP contribution < -0.4 is 0 Å². The van der Waals surface area contributed by atoms with E-state index < -0.39 is 5.97 Å². The molecule has 0 aliphatic heterocycles. The molecule has 3 heteroatoms. The highest BCUT2D eigenvalue weighted by Gasteiger charge is 2.02. The maximum absolute atomic E-state index is 10.4. The molecule has 1 rings (SSSR count). The molecule has 0 bridgehead atoms. The minimum Gasteiger partial charge on any atom is -0.478 e. The van der Waals surface area contributed by atoms with Crippen molar-refractivity contribution in [1.29, 1.82) is 5.26 Å². The van der Waals surface area contributed by atoms with Gasteiger partial charge in [0, 0.05) is 6.08 Å². The van der Waals surface area contributed by atoms with Gasteiger partial charge < -0.3 is 5.11 Å². The van der Waals surface area contributed by atoms with Gasteiger partial charge in [-0.15, -0.1) is 0 Å². The predicted octanol–water partition coefficient (Wildman–Crippen LogP) is 3.01. The van der Waals surface area contributed by atoms with Gasteiger partial charge in [0.1, 0.15) is 6.07 Å². The van der Waals surface area contributed by atoms with Gasteiger partial charge in [0.15, 0.2) is 0 Å². The zero-order valence-corrected chi connectivity index (χ0v) is 9.69. The number of benzene rings is 1. The molecule has 1 aromatic carbocycles. The van der Waals surface area contributed by atoms with Gasteiger partial charge in [-0.3, -0.25) is 0 Å². The summed E-state index contributed by atoms with van der Waals surface area (Å²) in [6.45, 7) is 5.89. The monoisotopic (exact) mass is 217 g/mol. The molecule has 84 valence electrons. The summed E-state index contributed by atoms with van der Waals surface area (Å²) in [6.07, 6.45) is 0.911. The molecular weight excluding hydrogens is 202 g/mol. The molecule has 0 unspecified atom stereocenters. The number of aliphatic carboxylic acids is 1. The number of carboxylic acid groups (broad SMARTS) is 1. The van der Waals surface area contributed by atoms with Crippen molar-refractivity contribution >= 4 is 11.5 Å². The van der Waals surface area contributed by atoms with Gasteiger partial charge in [0.2, 0.25) is 0 Å². The van der Waals surface area contributed by atoms with Gasteiger partial charge in [0.25, 0.3) is 0 Å². The van der Waals surface area contributed by atoms with E-state index >= 15 is 0 Å². The highest BCUT2D eigenvalue weighted by Crippen LogP contribution is 2.14. The standard InChI is InChI=1S/C11H9NO2.C2H6/c1-8-3-2-4-9(5-8)10(7-12)6-11(13)14;1-2/h2-6H,1H3,(H,13,14);1-2H3/b10-6+;. The SMILES string of the molecule is CC.Cc1cccc(/C(C#N)=C/C(=O)O)c1. The van der Waals surface area contributed by atoms with Crippen LogP contribution in [0.1, 0.15) is 25.0 Å². The molecule has 0 amide bonds. The molecule has 0 saturated carbocycles. The van der Waals surface area contributed by atoms with Crippen LogP contribution in [0.2, 0.25) is 0 Å². The molecule has 0 fully saturated rings. The minimum atomic E-state index is -1.11. The van der Waals surface area contributed by atoms with Crippen LogP contribution >= 0.6 is 0 Å². The Kier molecular flexibility index (Phi) is 6.30. The number of carboxylic acids is 1. The third-order valence-electron chi connectivity index (χ3n) is 1.72. The lowest BCUT2D eigenvalue weighted by molar-refractivity contribution is -0.131. The lowest BCUT2D eigenvalue weighted by Crippen LogP contribution is -1.91. The third-order valence-corrected chi connectivity index (χ3v) is 1.72. The van der Waals surface area contributed by atoms with Crippen LogP contribution in [0.15, 0.2) is 30.3 Å². The molecular formula is C13H15NO2. The maximum atomic E-state index is 10.4. The number of carbonyl (C=O) groups is 1. The van der Waals surface area contributed by atoms with Crippen LogP contribution in [0.5, 0.6) is 0 Å². The van der Waals surface area contributed by atoms with Gasteiger partial charge in [-0.05, 0) is 12.5 Å². The maximum Gasteiger partial charge on any atom is 0.329 e. The Morgan fingerprint density at radius 3 is 2.50 bits per heavy atom. The Labute approximate surface area is 95.7 Å². The van der Waals surface area contributed by atoms with Crippen LogP contribution in [-0.4, -0.2) is 11.1 Å². The van der Waals surface area contributed by atoms with E-state index in [2.05, 4.69) is 0 Å². The van der Waals surface area contributed by atoms with Crippen molar-refractivity contribution in [2.24, 2.45) is 0 Å². The molecule has 0 spiro atoms. The molecule has 1 N–H and O–H groups in total.